The minimum Gasteiger partial charge on any atom is -0.326 e. The number of piperidine rings is 1. The molecule has 0 spiro atoms. The van der Waals surface area contributed by atoms with E-state index in [1.54, 1.807) is 0 Å². The lowest BCUT2D eigenvalue weighted by atomic mass is 9.83. The summed E-state index contributed by atoms with van der Waals surface area (Å²) in [4.78, 5) is 15.6. The van der Waals surface area contributed by atoms with Crippen molar-refractivity contribution in [3.05, 3.63) is 0 Å². The molecule has 18 nitrogen and oxygen atoms in total. The molecule has 13 aliphatic rings. The van der Waals surface area contributed by atoms with Crippen LogP contribution in [0, 0.1) is 23.7 Å². The first-order valence-electron chi connectivity index (χ1n) is 39.5. The largest absolute Gasteiger partial charge is 0.326 e. The summed E-state index contributed by atoms with van der Waals surface area (Å²) in [7, 11) is 2.13. The van der Waals surface area contributed by atoms with Gasteiger partial charge < -0.3 is 45.9 Å². The summed E-state index contributed by atoms with van der Waals surface area (Å²) < 4.78 is 0. The SMILES string of the molecule is CC(C)N1C[C@@H]2CCC[C@H]1[C@H]2N.CC(C)N1C[C@H](N)CCN1.CC(C)N1C[C@H](N)CCN1C.CC(C)N1C[C@H](N)C[C@@H]1C.CC(C)N1C[C@H]2CCC[C@@H]1[C@@H]2N.CC(C)N1[C@H]2CCC[C@@H]1[C@H](N)C2.CC[C@@H]1[C@H](N)[C@H]2CC[C@@H]1N2C(C)C.CC[C@H]1[C@@H](N)[C@H]2CC[C@@H]1N2C(C)C. The fourth-order valence-corrected chi connectivity index (χ4v) is 20.6. The minimum absolute atomic E-state index is 0.364. The molecule has 0 aromatic rings. The monoisotopic (exact) mass is 1310 g/mol. The predicted molar refractivity (Wildman–Crippen MR) is 397 cm³/mol. The Labute approximate surface area is 574 Å². The minimum atomic E-state index is 0.364. The maximum Gasteiger partial charge on any atom is 0.0288 e. The van der Waals surface area contributed by atoms with Crippen molar-refractivity contribution in [1.29, 1.82) is 0 Å². The van der Waals surface area contributed by atoms with E-state index in [0.717, 1.165) is 93.8 Å². The van der Waals surface area contributed by atoms with Gasteiger partial charge in [0.1, 0.15) is 0 Å². The molecule has 11 heterocycles. The first-order chi connectivity index (χ1) is 43.8. The van der Waals surface area contributed by atoms with E-state index in [0.29, 0.717) is 133 Å². The van der Waals surface area contributed by atoms with E-state index in [1.165, 1.54) is 116 Å². The number of hydrogen-bond donors (Lipinski definition) is 9. The molecule has 13 rings (SSSR count). The molecule has 0 aromatic carbocycles. The van der Waals surface area contributed by atoms with Crippen LogP contribution in [-0.4, -0.2) is 248 Å². The third-order valence-corrected chi connectivity index (χ3v) is 25.2. The van der Waals surface area contributed by atoms with Crippen LogP contribution in [0.5, 0.6) is 0 Å². The van der Waals surface area contributed by atoms with E-state index in [-0.39, 0.29) is 0 Å². The molecular formula is C75H158N18. The van der Waals surface area contributed by atoms with Crippen molar-refractivity contribution >= 4 is 0 Å². The third-order valence-electron chi connectivity index (χ3n) is 25.2. The zero-order valence-corrected chi connectivity index (χ0v) is 64.3. The van der Waals surface area contributed by atoms with Gasteiger partial charge in [0.25, 0.3) is 0 Å². The van der Waals surface area contributed by atoms with Crippen LogP contribution in [0.3, 0.4) is 0 Å². The Morgan fingerprint density at radius 1 is 0.376 bits per heavy atom. The summed E-state index contributed by atoms with van der Waals surface area (Å²) in [5.41, 5.74) is 51.7. The van der Waals surface area contributed by atoms with E-state index in [9.17, 15) is 0 Å². The number of nitrogens with two attached hydrogens (primary N) is 8. The van der Waals surface area contributed by atoms with Crippen LogP contribution < -0.4 is 51.3 Å². The lowest BCUT2D eigenvalue weighted by Gasteiger charge is -2.41. The van der Waals surface area contributed by atoms with Crippen LogP contribution in [0.4, 0.5) is 0 Å². The molecule has 13 fully saturated rings. The van der Waals surface area contributed by atoms with Gasteiger partial charge in [-0.2, -0.15) is 0 Å². The van der Waals surface area contributed by atoms with Gasteiger partial charge in [0.05, 0.1) is 0 Å². The summed E-state index contributed by atoms with van der Waals surface area (Å²) in [5, 5.41) is 6.80. The van der Waals surface area contributed by atoms with Gasteiger partial charge in [0.15, 0.2) is 0 Å². The highest BCUT2D eigenvalue weighted by Gasteiger charge is 2.53. The smallest absolute Gasteiger partial charge is 0.0288 e. The van der Waals surface area contributed by atoms with Gasteiger partial charge in [0.2, 0.25) is 0 Å². The molecule has 548 valence electrons. The lowest BCUT2D eigenvalue weighted by Crippen LogP contribution is -2.55. The molecule has 11 aliphatic heterocycles. The maximum absolute atomic E-state index is 6.26. The molecule has 17 N–H and O–H groups in total. The quantitative estimate of drug-likeness (QED) is 0.101. The van der Waals surface area contributed by atoms with E-state index < -0.39 is 0 Å². The molecule has 2 aliphatic carbocycles. The number of fused-ring (bicyclic) bond motifs is 10. The van der Waals surface area contributed by atoms with E-state index in [4.69, 9.17) is 45.9 Å². The van der Waals surface area contributed by atoms with Crippen molar-refractivity contribution < 1.29 is 0 Å². The summed E-state index contributed by atoms with van der Waals surface area (Å²) in [6, 6.07) is 15.2. The van der Waals surface area contributed by atoms with Crippen molar-refractivity contribution in [3.8, 4) is 0 Å². The second-order valence-electron chi connectivity index (χ2n) is 34.1. The summed E-state index contributed by atoms with van der Waals surface area (Å²) in [5.74, 6) is 3.12. The lowest BCUT2D eigenvalue weighted by molar-refractivity contribution is -0.0589. The summed E-state index contributed by atoms with van der Waals surface area (Å²) >= 11 is 0. The molecule has 93 heavy (non-hydrogen) atoms. The number of likely N-dealkylation sites (tertiary alicyclic amines) is 3. The zero-order chi connectivity index (χ0) is 69.0. The van der Waals surface area contributed by atoms with Crippen molar-refractivity contribution in [3.63, 3.8) is 0 Å². The Kier molecular flexibility index (Phi) is 33.0. The van der Waals surface area contributed by atoms with Gasteiger partial charge in [-0.25, -0.2) is 15.0 Å². The van der Waals surface area contributed by atoms with Crippen LogP contribution in [0.25, 0.3) is 0 Å². The van der Waals surface area contributed by atoms with Crippen molar-refractivity contribution in [2.24, 2.45) is 69.5 Å². The topological polar surface area (TPSA) is 249 Å². The van der Waals surface area contributed by atoms with E-state index in [2.05, 4.69) is 188 Å². The first-order valence-corrected chi connectivity index (χ1v) is 39.5. The first kappa shape index (κ1) is 81.2. The molecule has 0 unspecified atom stereocenters. The predicted octanol–water partition coefficient (Wildman–Crippen LogP) is 7.97. The third kappa shape index (κ3) is 21.0. The molecule has 18 heteroatoms. The highest BCUT2D eigenvalue weighted by molar-refractivity contribution is 5.10. The maximum atomic E-state index is 6.26. The number of hydrazine groups is 2. The fraction of sp³-hybridized carbons (Fsp3) is 1.00. The normalized spacial score (nSPS) is 39.5. The highest BCUT2D eigenvalue weighted by Crippen LogP contribution is 2.45. The van der Waals surface area contributed by atoms with Crippen molar-refractivity contribution in [2.45, 2.75) is 405 Å². The molecule has 10 bridgehead atoms. The van der Waals surface area contributed by atoms with Crippen LogP contribution in [0.1, 0.15) is 254 Å². The molecule has 0 amide bonds. The molecule has 0 radical (unpaired) electrons. The molecule has 11 saturated heterocycles. The van der Waals surface area contributed by atoms with Crippen LogP contribution >= 0.6 is 0 Å². The molecule has 0 aromatic heterocycles. The zero-order valence-electron chi connectivity index (χ0n) is 64.3. The van der Waals surface area contributed by atoms with Gasteiger partial charge in [0, 0.05) is 204 Å². The van der Waals surface area contributed by atoms with Crippen molar-refractivity contribution in [2.75, 3.05) is 52.9 Å². The fourth-order valence-electron chi connectivity index (χ4n) is 20.6. The van der Waals surface area contributed by atoms with Crippen LogP contribution in [-0.2, 0) is 0 Å². The summed E-state index contributed by atoms with van der Waals surface area (Å²) in [6.07, 6.45) is 24.8. The molecule has 21 atom stereocenters. The van der Waals surface area contributed by atoms with Gasteiger partial charge in [-0.05, 0) is 231 Å². The number of rotatable bonds is 10. The number of nitrogens with one attached hydrogen (secondary N) is 1. The Hall–Kier alpha value is -0.720. The average molecular weight is 1310 g/mol. The van der Waals surface area contributed by atoms with E-state index in [1.807, 2.05) is 0 Å². The average Bonchev–Trinajstić information content (AvgIpc) is 1.61. The van der Waals surface area contributed by atoms with Gasteiger partial charge in [-0.3, -0.25) is 34.8 Å². The van der Waals surface area contributed by atoms with Gasteiger partial charge >= 0.3 is 0 Å². The number of hydrogen-bond acceptors (Lipinski definition) is 18. The van der Waals surface area contributed by atoms with E-state index >= 15 is 0 Å². The number of nitrogens with zero attached hydrogens (tertiary/aromatic N) is 9. The molecule has 2 saturated carbocycles. The summed E-state index contributed by atoms with van der Waals surface area (Å²) in [6.45, 7) is 50.7. The van der Waals surface area contributed by atoms with Crippen molar-refractivity contribution in [1.82, 2.24) is 49.9 Å². The second-order valence-corrected chi connectivity index (χ2v) is 34.1. The Balaban J connectivity index is 0.000000169. The second kappa shape index (κ2) is 37.8. The van der Waals surface area contributed by atoms with Gasteiger partial charge in [-0.15, -0.1) is 0 Å². The standard InChI is InChI=1S/2C11H22N2.3C10H20N2.C8H19N3.C8H18N2.C7H17N3/c2*1-4-8-9-5-6-10(11(8)12)13(9)7(2)3;1-7(2)12-8-4-3-5-10(12)9(11)6-8;2*1-7(2)12-6-8-4-3-5-9(12)10(8)11;1-7(2)11-6-8(9)4-5-10(11)3;1-6(2)10-5-8(9)4-7(10)3;1-6(2)10-5-7(8)3-4-9-10/h2*7-11H,4-6,12H2,1-3H3;3*7-10H,3-6,11H2,1-2H3;7-8H,4-6,9H2,1-3H3;6-8H,4-5,9H2,1-3H3;6-7,9H,3-5,8H2,1-2H3/t8-,9+,10-,11-;8-,9-,10+,11-;8-,9+,10+;2*8-,9-,10-;8-;7-,8+;7-/m10010101/s1. The van der Waals surface area contributed by atoms with Gasteiger partial charge in [-0.1, -0.05) is 46.0 Å². The molecular weight excluding hydrogens is 1150 g/mol. The van der Waals surface area contributed by atoms with Crippen LogP contribution in [0.2, 0.25) is 0 Å². The Morgan fingerprint density at radius 3 is 1.13 bits per heavy atom. The van der Waals surface area contributed by atoms with Crippen LogP contribution in [0.15, 0.2) is 0 Å². The highest BCUT2D eigenvalue weighted by atomic mass is 15.6. The Morgan fingerprint density at radius 2 is 0.817 bits per heavy atom. The Bertz CT molecular complexity index is 1980.